The first kappa shape index (κ1) is 35.1. The number of allylic oxidation sites excluding steroid dienone is 4. The van der Waals surface area contributed by atoms with Crippen LogP contribution in [0.3, 0.4) is 0 Å². The van der Waals surface area contributed by atoms with Gasteiger partial charge in [-0.25, -0.2) is 4.39 Å². The van der Waals surface area contributed by atoms with Gasteiger partial charge in [0.2, 0.25) is 0 Å². The summed E-state index contributed by atoms with van der Waals surface area (Å²) < 4.78 is 19.3. The zero-order chi connectivity index (χ0) is 31.4. The van der Waals surface area contributed by atoms with Crippen LogP contribution < -0.4 is 4.74 Å². The maximum absolute atomic E-state index is 14.0. The maximum atomic E-state index is 14.0. The summed E-state index contributed by atoms with van der Waals surface area (Å²) in [7, 11) is 1.43. The lowest BCUT2D eigenvalue weighted by Gasteiger charge is -2.20. The maximum Gasteiger partial charge on any atom is 0.161 e. The third-order valence-electron chi connectivity index (χ3n) is 7.69. The standard InChI is InChI=1S/C34H48FNO6/c1-21(2)25(14-17-32(39)26-11-12-26)9-8-10-31(38)27(13-16-29(24(6)37)23(5)36-42-22(3)4)19-33(40)30-20-28(35)15-18-34(30)41-7/h8,10,15-16,18,20-22,25-27,33,40H,9,11-14,17,19H2,1-7H3/b10-8+,29-16-,36-23+. The first-order valence-corrected chi connectivity index (χ1v) is 15.0. The molecule has 0 heterocycles. The number of hydrogen-bond donors (Lipinski definition) is 1. The van der Waals surface area contributed by atoms with Crippen LogP contribution in [-0.4, -0.2) is 41.4 Å². The lowest BCUT2D eigenvalue weighted by atomic mass is 9.86. The fourth-order valence-corrected chi connectivity index (χ4v) is 4.89. The Kier molecular flexibility index (Phi) is 14.3. The van der Waals surface area contributed by atoms with Crippen molar-refractivity contribution in [1.82, 2.24) is 0 Å². The van der Waals surface area contributed by atoms with Crippen LogP contribution in [0.1, 0.15) is 98.2 Å². The van der Waals surface area contributed by atoms with Crippen molar-refractivity contribution in [2.24, 2.45) is 28.8 Å². The van der Waals surface area contributed by atoms with Gasteiger partial charge in [0.05, 0.1) is 18.9 Å². The Morgan fingerprint density at radius 2 is 1.81 bits per heavy atom. The number of halogens is 1. The molecule has 7 nitrogen and oxygen atoms in total. The predicted octanol–water partition coefficient (Wildman–Crippen LogP) is 7.13. The summed E-state index contributed by atoms with van der Waals surface area (Å²) in [4.78, 5) is 43.4. The van der Waals surface area contributed by atoms with Crippen LogP contribution in [0.15, 0.2) is 47.2 Å². The highest BCUT2D eigenvalue weighted by atomic mass is 19.1. The fraction of sp³-hybridized carbons (Fsp3) is 0.588. The van der Waals surface area contributed by atoms with Gasteiger partial charge in [0.15, 0.2) is 11.6 Å². The zero-order valence-electron chi connectivity index (χ0n) is 26.2. The third kappa shape index (κ3) is 11.6. The van der Waals surface area contributed by atoms with Crippen LogP contribution in [0, 0.1) is 29.5 Å². The molecule has 1 N–H and O–H groups in total. The van der Waals surface area contributed by atoms with E-state index in [1.54, 1.807) is 13.0 Å². The van der Waals surface area contributed by atoms with Gasteiger partial charge in [0.1, 0.15) is 23.5 Å². The number of benzene rings is 1. The van der Waals surface area contributed by atoms with Crippen LogP contribution in [0.2, 0.25) is 0 Å². The number of methoxy groups -OCH3 is 1. The molecule has 0 amide bonds. The molecule has 0 saturated heterocycles. The average molecular weight is 586 g/mol. The predicted molar refractivity (Wildman–Crippen MR) is 163 cm³/mol. The molecule has 42 heavy (non-hydrogen) atoms. The van der Waals surface area contributed by atoms with Crippen molar-refractivity contribution in [1.29, 1.82) is 0 Å². The Hall–Kier alpha value is -3.13. The van der Waals surface area contributed by atoms with Gasteiger partial charge in [-0.3, -0.25) is 14.4 Å². The normalized spacial score (nSPS) is 16.5. The van der Waals surface area contributed by atoms with Crippen LogP contribution >= 0.6 is 0 Å². The molecule has 0 radical (unpaired) electrons. The van der Waals surface area contributed by atoms with E-state index in [9.17, 15) is 23.9 Å². The fourth-order valence-electron chi connectivity index (χ4n) is 4.89. The summed E-state index contributed by atoms with van der Waals surface area (Å²) in [5.41, 5.74) is 0.972. The minimum Gasteiger partial charge on any atom is -0.496 e. The van der Waals surface area contributed by atoms with E-state index in [4.69, 9.17) is 9.57 Å². The number of carbonyl (C=O) groups excluding carboxylic acids is 3. The summed E-state index contributed by atoms with van der Waals surface area (Å²) >= 11 is 0. The second kappa shape index (κ2) is 17.1. The number of nitrogens with zero attached hydrogens (tertiary/aromatic N) is 1. The van der Waals surface area contributed by atoms with Crippen LogP contribution in [0.4, 0.5) is 4.39 Å². The van der Waals surface area contributed by atoms with Crippen LogP contribution in [-0.2, 0) is 19.2 Å². The molecule has 0 spiro atoms. The number of aliphatic hydroxyl groups is 1. The van der Waals surface area contributed by atoms with Crippen LogP contribution in [0.5, 0.6) is 5.75 Å². The molecular formula is C34H48FNO6. The SMILES string of the molecule is COc1ccc(F)cc1C(O)CC(C/C=C(C(C)=O)/C(C)=N/OC(C)C)C(=O)/C=C/CC(CCC(=O)C1CC1)C(C)C. The molecule has 0 bridgehead atoms. The van der Waals surface area contributed by atoms with Gasteiger partial charge in [-0.1, -0.05) is 31.2 Å². The van der Waals surface area contributed by atoms with Crippen LogP contribution in [0.25, 0.3) is 0 Å². The summed E-state index contributed by atoms with van der Waals surface area (Å²) in [6.45, 7) is 11.0. The van der Waals surface area contributed by atoms with Crippen molar-refractivity contribution in [3.05, 3.63) is 53.4 Å². The molecule has 2 rings (SSSR count). The van der Waals surface area contributed by atoms with E-state index in [2.05, 4.69) is 19.0 Å². The number of ether oxygens (including phenoxy) is 1. The topological polar surface area (TPSA) is 102 Å². The number of carbonyl (C=O) groups is 3. The van der Waals surface area contributed by atoms with Gasteiger partial charge in [-0.05, 0) is 102 Å². The molecule has 232 valence electrons. The lowest BCUT2D eigenvalue weighted by molar-refractivity contribution is -0.121. The minimum atomic E-state index is -1.18. The van der Waals surface area contributed by atoms with Gasteiger partial charge >= 0.3 is 0 Å². The summed E-state index contributed by atoms with van der Waals surface area (Å²) in [6.07, 6.45) is 7.85. The number of aliphatic hydroxyl groups excluding tert-OH is 1. The second-order valence-corrected chi connectivity index (χ2v) is 11.9. The Bertz CT molecular complexity index is 1160. The monoisotopic (exact) mass is 585 g/mol. The zero-order valence-corrected chi connectivity index (χ0v) is 26.2. The molecule has 1 aliphatic carbocycles. The van der Waals surface area contributed by atoms with Gasteiger partial charge in [-0.2, -0.15) is 0 Å². The number of Topliss-reactive ketones (excluding diaryl/α,β-unsaturated/α-hetero) is 2. The molecule has 1 aliphatic rings. The molecule has 0 aliphatic heterocycles. The van der Waals surface area contributed by atoms with E-state index in [-0.39, 0.29) is 47.9 Å². The molecule has 3 unspecified atom stereocenters. The van der Waals surface area contributed by atoms with Crippen molar-refractivity contribution >= 4 is 23.1 Å². The molecular weight excluding hydrogens is 537 g/mol. The molecule has 8 heteroatoms. The minimum absolute atomic E-state index is 0.00709. The van der Waals surface area contributed by atoms with E-state index in [1.165, 1.54) is 38.3 Å². The quantitative estimate of drug-likeness (QED) is 0.105. The highest BCUT2D eigenvalue weighted by molar-refractivity contribution is 6.20. The first-order chi connectivity index (χ1) is 19.8. The summed E-state index contributed by atoms with van der Waals surface area (Å²) in [5.74, 6) is -0.140. The first-order valence-electron chi connectivity index (χ1n) is 15.0. The molecule has 1 fully saturated rings. The van der Waals surface area contributed by atoms with Crippen molar-refractivity contribution in [3.63, 3.8) is 0 Å². The van der Waals surface area contributed by atoms with E-state index in [0.717, 1.165) is 19.3 Å². The number of ketones is 3. The Morgan fingerprint density at radius 3 is 2.38 bits per heavy atom. The highest BCUT2D eigenvalue weighted by Gasteiger charge is 2.29. The average Bonchev–Trinajstić information content (AvgIpc) is 3.78. The Balaban J connectivity index is 2.26. The smallest absolute Gasteiger partial charge is 0.161 e. The van der Waals surface area contributed by atoms with Crippen molar-refractivity contribution < 1.29 is 33.5 Å². The van der Waals surface area contributed by atoms with Crippen molar-refractivity contribution in [3.8, 4) is 5.75 Å². The summed E-state index contributed by atoms with van der Waals surface area (Å²) in [5, 5.41) is 15.1. The number of oxime groups is 1. The van der Waals surface area contributed by atoms with Crippen molar-refractivity contribution in [2.75, 3.05) is 7.11 Å². The van der Waals surface area contributed by atoms with E-state index >= 15 is 0 Å². The van der Waals surface area contributed by atoms with Gasteiger partial charge < -0.3 is 14.7 Å². The van der Waals surface area contributed by atoms with E-state index in [1.807, 2.05) is 19.9 Å². The van der Waals surface area contributed by atoms with Crippen molar-refractivity contribution in [2.45, 2.75) is 98.7 Å². The Labute approximate surface area is 250 Å². The number of hydrogen-bond acceptors (Lipinski definition) is 7. The Morgan fingerprint density at radius 1 is 1.12 bits per heavy atom. The highest BCUT2D eigenvalue weighted by Crippen LogP contribution is 2.34. The number of rotatable bonds is 19. The van der Waals surface area contributed by atoms with Gasteiger partial charge in [0, 0.05) is 29.4 Å². The largest absolute Gasteiger partial charge is 0.496 e. The second-order valence-electron chi connectivity index (χ2n) is 11.9. The van der Waals surface area contributed by atoms with Gasteiger partial charge in [0.25, 0.3) is 0 Å². The third-order valence-corrected chi connectivity index (χ3v) is 7.69. The molecule has 0 aromatic heterocycles. The molecule has 3 atom stereocenters. The molecule has 1 aromatic carbocycles. The molecule has 1 aromatic rings. The summed E-state index contributed by atoms with van der Waals surface area (Å²) in [6, 6.07) is 3.88. The molecule has 1 saturated carbocycles. The van der Waals surface area contributed by atoms with E-state index < -0.39 is 17.8 Å². The van der Waals surface area contributed by atoms with Gasteiger partial charge in [-0.15, -0.1) is 0 Å². The lowest BCUT2D eigenvalue weighted by Crippen LogP contribution is -2.18. The van der Waals surface area contributed by atoms with E-state index in [0.29, 0.717) is 41.6 Å².